The first kappa shape index (κ1) is 20.7. The number of ether oxygens (including phenoxy) is 2. The van der Waals surface area contributed by atoms with Gasteiger partial charge in [-0.25, -0.2) is 4.98 Å². The minimum Gasteiger partial charge on any atom is -0.493 e. The monoisotopic (exact) mass is 420 g/mol. The second-order valence-corrected chi connectivity index (χ2v) is 8.04. The van der Waals surface area contributed by atoms with Gasteiger partial charge in [-0.2, -0.15) is 0 Å². The maximum Gasteiger partial charge on any atom is 0.246 e. The van der Waals surface area contributed by atoms with E-state index in [9.17, 15) is 4.79 Å². The lowest BCUT2D eigenvalue weighted by Crippen LogP contribution is -2.38. The van der Waals surface area contributed by atoms with E-state index in [1.807, 2.05) is 29.5 Å². The Hall–Kier alpha value is -2.05. The van der Waals surface area contributed by atoms with Crippen LogP contribution >= 0.6 is 22.9 Å². The molecule has 0 aliphatic carbocycles. The molecule has 0 saturated carbocycles. The Morgan fingerprint density at radius 1 is 1.46 bits per heavy atom. The molecule has 1 aromatic carbocycles. The van der Waals surface area contributed by atoms with Crippen molar-refractivity contribution in [2.24, 2.45) is 0 Å². The van der Waals surface area contributed by atoms with Gasteiger partial charge in [-0.05, 0) is 43.0 Å². The van der Waals surface area contributed by atoms with Crippen LogP contribution in [0.4, 0.5) is 0 Å². The molecule has 0 N–H and O–H groups in total. The summed E-state index contributed by atoms with van der Waals surface area (Å²) >= 11 is 8.01. The normalized spacial score (nSPS) is 17.1. The Kier molecular flexibility index (Phi) is 7.34. The predicted octanol–water partition coefficient (Wildman–Crippen LogP) is 5.01. The number of amides is 1. The maximum absolute atomic E-state index is 12.7. The van der Waals surface area contributed by atoms with Crippen molar-refractivity contribution in [1.29, 1.82) is 0 Å². The van der Waals surface area contributed by atoms with Gasteiger partial charge >= 0.3 is 0 Å². The van der Waals surface area contributed by atoms with Crippen LogP contribution in [0.1, 0.15) is 42.7 Å². The average molecular weight is 421 g/mol. The van der Waals surface area contributed by atoms with Crippen LogP contribution < -0.4 is 9.47 Å². The molecule has 1 fully saturated rings. The maximum atomic E-state index is 12.7. The Balaban J connectivity index is 1.68. The molecular weight excluding hydrogens is 396 g/mol. The number of aromatic nitrogens is 1. The fourth-order valence-electron chi connectivity index (χ4n) is 3.27. The Labute approximate surface area is 174 Å². The summed E-state index contributed by atoms with van der Waals surface area (Å²) in [6.45, 7) is 4.09. The Bertz CT molecular complexity index is 823. The van der Waals surface area contributed by atoms with Gasteiger partial charge in [0.15, 0.2) is 11.5 Å². The van der Waals surface area contributed by atoms with Crippen molar-refractivity contribution in [3.05, 3.63) is 45.4 Å². The van der Waals surface area contributed by atoms with Crippen LogP contribution in [0.15, 0.2) is 29.8 Å². The summed E-state index contributed by atoms with van der Waals surface area (Å²) in [5, 5.41) is 3.57. The third-order valence-electron chi connectivity index (χ3n) is 4.65. The second kappa shape index (κ2) is 9.94. The molecule has 1 aromatic heterocycles. The predicted molar refractivity (Wildman–Crippen MR) is 113 cm³/mol. The second-order valence-electron chi connectivity index (χ2n) is 6.71. The van der Waals surface area contributed by atoms with E-state index in [0.717, 1.165) is 36.4 Å². The Morgan fingerprint density at radius 3 is 3.04 bits per heavy atom. The minimum atomic E-state index is 0.00246. The first-order chi connectivity index (χ1) is 13.6. The molecule has 2 heterocycles. The van der Waals surface area contributed by atoms with Gasteiger partial charge in [0.05, 0.1) is 23.7 Å². The van der Waals surface area contributed by atoms with Crippen molar-refractivity contribution in [3.8, 4) is 11.5 Å². The zero-order valence-corrected chi connectivity index (χ0v) is 17.8. The third kappa shape index (κ3) is 5.06. The summed E-state index contributed by atoms with van der Waals surface area (Å²) < 4.78 is 11.1. The van der Waals surface area contributed by atoms with Gasteiger partial charge in [-0.3, -0.25) is 4.79 Å². The van der Waals surface area contributed by atoms with E-state index in [-0.39, 0.29) is 5.91 Å². The molecule has 0 bridgehead atoms. The van der Waals surface area contributed by atoms with Gasteiger partial charge in [0.2, 0.25) is 5.91 Å². The van der Waals surface area contributed by atoms with Crippen LogP contribution in [0.2, 0.25) is 5.02 Å². The molecule has 3 rings (SSSR count). The molecule has 28 heavy (non-hydrogen) atoms. The first-order valence-electron chi connectivity index (χ1n) is 9.49. The zero-order chi connectivity index (χ0) is 19.9. The largest absolute Gasteiger partial charge is 0.493 e. The minimum absolute atomic E-state index is 0.00246. The van der Waals surface area contributed by atoms with E-state index < -0.39 is 0 Å². The van der Waals surface area contributed by atoms with Crippen LogP contribution in [-0.2, 0) is 4.79 Å². The van der Waals surface area contributed by atoms with Crippen molar-refractivity contribution in [3.63, 3.8) is 0 Å². The fourth-order valence-corrected chi connectivity index (χ4v) is 4.31. The lowest BCUT2D eigenvalue weighted by atomic mass is 9.98. The number of benzene rings is 1. The first-order valence-corrected chi connectivity index (χ1v) is 10.7. The highest BCUT2D eigenvalue weighted by atomic mass is 35.5. The highest BCUT2D eigenvalue weighted by Gasteiger charge is 2.25. The van der Waals surface area contributed by atoms with Gasteiger partial charge in [-0.1, -0.05) is 18.5 Å². The molecular formula is C21H25ClN2O3S. The number of carbonyl (C=O) groups is 1. The number of piperidine rings is 1. The van der Waals surface area contributed by atoms with Crippen molar-refractivity contribution >= 4 is 34.9 Å². The highest BCUT2D eigenvalue weighted by molar-refractivity contribution is 7.09. The summed E-state index contributed by atoms with van der Waals surface area (Å²) in [7, 11) is 1.58. The van der Waals surface area contributed by atoms with E-state index in [2.05, 4.69) is 4.98 Å². The van der Waals surface area contributed by atoms with Crippen molar-refractivity contribution in [2.45, 2.75) is 32.1 Å². The summed E-state index contributed by atoms with van der Waals surface area (Å²) in [4.78, 5) is 19.0. The summed E-state index contributed by atoms with van der Waals surface area (Å²) in [6, 6.07) is 3.61. The number of thiazole rings is 1. The van der Waals surface area contributed by atoms with E-state index in [1.54, 1.807) is 36.7 Å². The molecule has 150 valence electrons. The third-order valence-corrected chi connectivity index (χ3v) is 5.87. The zero-order valence-electron chi connectivity index (χ0n) is 16.2. The van der Waals surface area contributed by atoms with Crippen molar-refractivity contribution in [1.82, 2.24) is 9.88 Å². The number of hydrogen-bond donors (Lipinski definition) is 0. The van der Waals surface area contributed by atoms with Gasteiger partial charge in [0, 0.05) is 36.7 Å². The number of hydrogen-bond acceptors (Lipinski definition) is 5. The summed E-state index contributed by atoms with van der Waals surface area (Å²) in [5.41, 5.74) is 0.799. The van der Waals surface area contributed by atoms with Crippen LogP contribution in [0.3, 0.4) is 0 Å². The fraction of sp³-hybridized carbons (Fsp3) is 0.429. The van der Waals surface area contributed by atoms with Gasteiger partial charge in [-0.15, -0.1) is 11.3 Å². The van der Waals surface area contributed by atoms with Crippen LogP contribution in [0, 0.1) is 0 Å². The molecule has 7 heteroatoms. The molecule has 2 aromatic rings. The van der Waals surface area contributed by atoms with Gasteiger partial charge in [0.25, 0.3) is 0 Å². The van der Waals surface area contributed by atoms with Crippen LogP contribution in [0.5, 0.6) is 11.5 Å². The topological polar surface area (TPSA) is 51.7 Å². The summed E-state index contributed by atoms with van der Waals surface area (Å²) in [5.74, 6) is 1.44. The van der Waals surface area contributed by atoms with E-state index in [0.29, 0.717) is 35.6 Å². The van der Waals surface area contributed by atoms with Crippen LogP contribution in [-0.4, -0.2) is 42.6 Å². The molecule has 1 saturated heterocycles. The Morgan fingerprint density at radius 2 is 2.32 bits per heavy atom. The SMILES string of the molecule is CCCOc1c(Cl)cc(/C=C/C(=O)N2CCCC(c3nccs3)C2)cc1OC. The molecule has 0 radical (unpaired) electrons. The standard InChI is InChI=1S/C21H25ClN2O3S/c1-3-10-27-20-17(22)12-15(13-18(20)26-2)6-7-19(25)24-9-4-5-16(14-24)21-23-8-11-28-21/h6-8,11-13,16H,3-5,9-10,14H2,1-2H3/b7-6+. The van der Waals surface area contributed by atoms with E-state index in [4.69, 9.17) is 21.1 Å². The smallest absolute Gasteiger partial charge is 0.246 e. The average Bonchev–Trinajstić information content (AvgIpc) is 3.26. The van der Waals surface area contributed by atoms with E-state index in [1.165, 1.54) is 0 Å². The number of likely N-dealkylation sites (tertiary alicyclic amines) is 1. The quantitative estimate of drug-likeness (QED) is 0.590. The molecule has 1 amide bonds. The molecule has 5 nitrogen and oxygen atoms in total. The summed E-state index contributed by atoms with van der Waals surface area (Å²) in [6.07, 6.45) is 8.15. The number of carbonyl (C=O) groups excluding carboxylic acids is 1. The van der Waals surface area contributed by atoms with Crippen molar-refractivity contribution in [2.75, 3.05) is 26.8 Å². The lowest BCUT2D eigenvalue weighted by Gasteiger charge is -2.31. The van der Waals surface area contributed by atoms with Crippen LogP contribution in [0.25, 0.3) is 6.08 Å². The number of nitrogens with zero attached hydrogens (tertiary/aromatic N) is 2. The molecule has 1 aliphatic rings. The van der Waals surface area contributed by atoms with Crippen molar-refractivity contribution < 1.29 is 14.3 Å². The number of halogens is 1. The van der Waals surface area contributed by atoms with E-state index >= 15 is 0 Å². The molecule has 1 unspecified atom stereocenters. The molecule has 0 spiro atoms. The number of rotatable bonds is 7. The molecule has 1 atom stereocenters. The van der Waals surface area contributed by atoms with Gasteiger partial charge in [0.1, 0.15) is 0 Å². The lowest BCUT2D eigenvalue weighted by molar-refractivity contribution is -0.127. The highest BCUT2D eigenvalue weighted by Crippen LogP contribution is 2.37. The number of methoxy groups -OCH3 is 1. The molecule has 1 aliphatic heterocycles. The van der Waals surface area contributed by atoms with Gasteiger partial charge < -0.3 is 14.4 Å².